The molecular weight excluding hydrogens is 296 g/mol. The van der Waals surface area contributed by atoms with Gasteiger partial charge in [0, 0.05) is 18.1 Å². The van der Waals surface area contributed by atoms with Crippen molar-refractivity contribution in [1.29, 1.82) is 0 Å². The van der Waals surface area contributed by atoms with Gasteiger partial charge in [-0.05, 0) is 36.2 Å². The van der Waals surface area contributed by atoms with Crippen molar-refractivity contribution in [2.24, 2.45) is 0 Å². The summed E-state index contributed by atoms with van der Waals surface area (Å²) >= 11 is 0. The number of nitrogens with zero attached hydrogens (tertiary/aromatic N) is 2. The van der Waals surface area contributed by atoms with E-state index >= 15 is 0 Å². The van der Waals surface area contributed by atoms with Crippen LogP contribution < -0.4 is 4.74 Å². The highest BCUT2D eigenvalue weighted by Crippen LogP contribution is 2.28. The van der Waals surface area contributed by atoms with E-state index in [4.69, 9.17) is 4.74 Å². The lowest BCUT2D eigenvalue weighted by atomic mass is 10.1. The maximum Gasteiger partial charge on any atom is 0.221 e. The van der Waals surface area contributed by atoms with Crippen LogP contribution >= 0.6 is 0 Å². The molecule has 3 rings (SSSR count). The van der Waals surface area contributed by atoms with E-state index in [9.17, 15) is 0 Å². The van der Waals surface area contributed by atoms with Gasteiger partial charge in [0.1, 0.15) is 6.10 Å². The van der Waals surface area contributed by atoms with Gasteiger partial charge < -0.3 is 4.74 Å². The normalized spacial score (nSPS) is 12.5. The Hall–Kier alpha value is -2.39. The van der Waals surface area contributed by atoms with Crippen molar-refractivity contribution in [2.45, 2.75) is 20.0 Å². The molecule has 3 aromatic rings. The lowest BCUT2D eigenvalue weighted by Gasteiger charge is -2.26. The number of hydrogen-bond acceptors (Lipinski definition) is 3. The molecule has 0 unspecified atom stereocenters. The Kier molecular flexibility index (Phi) is 5.44. The van der Waals surface area contributed by atoms with Crippen LogP contribution in [0.15, 0.2) is 66.9 Å². The molecular formula is C21H24N2O. The molecule has 1 atom stereocenters. The third-order valence-electron chi connectivity index (χ3n) is 4.38. The van der Waals surface area contributed by atoms with Crippen LogP contribution in [0.3, 0.4) is 0 Å². The number of rotatable bonds is 7. The average molecular weight is 320 g/mol. The third kappa shape index (κ3) is 3.74. The smallest absolute Gasteiger partial charge is 0.221 e. The highest BCUT2D eigenvalue weighted by atomic mass is 16.5. The summed E-state index contributed by atoms with van der Waals surface area (Å²) in [5.74, 6) is 0.703. The average Bonchev–Trinajstić information content (AvgIpc) is 2.66. The Bertz CT molecular complexity index is 764. The lowest BCUT2D eigenvalue weighted by Crippen LogP contribution is -2.30. The van der Waals surface area contributed by atoms with E-state index < -0.39 is 0 Å². The quantitative estimate of drug-likeness (QED) is 0.631. The van der Waals surface area contributed by atoms with Crippen molar-refractivity contribution >= 4 is 10.8 Å². The van der Waals surface area contributed by atoms with Crippen molar-refractivity contribution in [3.05, 3.63) is 72.4 Å². The summed E-state index contributed by atoms with van der Waals surface area (Å²) in [5, 5.41) is 2.21. The molecule has 0 aliphatic carbocycles. The van der Waals surface area contributed by atoms with Gasteiger partial charge in [-0.1, -0.05) is 62.4 Å². The van der Waals surface area contributed by atoms with Crippen LogP contribution in [0, 0.1) is 0 Å². The maximum atomic E-state index is 6.40. The number of hydrogen-bond donors (Lipinski definition) is 0. The summed E-state index contributed by atoms with van der Waals surface area (Å²) in [5.41, 5.74) is 1.18. The molecule has 0 saturated carbocycles. The van der Waals surface area contributed by atoms with E-state index in [0.717, 1.165) is 30.4 Å². The summed E-state index contributed by atoms with van der Waals surface area (Å²) < 4.78 is 6.40. The molecule has 1 aromatic heterocycles. The summed E-state index contributed by atoms with van der Waals surface area (Å²) in [6.45, 7) is 7.23. The molecule has 0 amide bonds. The van der Waals surface area contributed by atoms with E-state index in [1.54, 1.807) is 0 Å². The second-order valence-corrected chi connectivity index (χ2v) is 5.84. The number of fused-ring (bicyclic) bond motifs is 1. The highest BCUT2D eigenvalue weighted by molar-refractivity contribution is 5.86. The van der Waals surface area contributed by atoms with Crippen molar-refractivity contribution in [2.75, 3.05) is 19.6 Å². The van der Waals surface area contributed by atoms with Gasteiger partial charge >= 0.3 is 0 Å². The maximum absolute atomic E-state index is 6.40. The summed E-state index contributed by atoms with van der Waals surface area (Å²) in [6, 6.07) is 20.6. The van der Waals surface area contributed by atoms with Gasteiger partial charge in [-0.25, -0.2) is 4.98 Å². The van der Waals surface area contributed by atoms with E-state index in [2.05, 4.69) is 60.1 Å². The Balaban J connectivity index is 1.93. The van der Waals surface area contributed by atoms with Crippen molar-refractivity contribution in [3.63, 3.8) is 0 Å². The van der Waals surface area contributed by atoms with E-state index in [-0.39, 0.29) is 6.10 Å². The molecule has 0 saturated heterocycles. The van der Waals surface area contributed by atoms with Crippen LogP contribution in [-0.4, -0.2) is 29.5 Å². The fourth-order valence-corrected chi connectivity index (χ4v) is 2.92. The zero-order valence-corrected chi connectivity index (χ0v) is 14.4. The molecule has 24 heavy (non-hydrogen) atoms. The minimum Gasteiger partial charge on any atom is -0.468 e. The van der Waals surface area contributed by atoms with Gasteiger partial charge in [0.15, 0.2) is 0 Å². The fourth-order valence-electron chi connectivity index (χ4n) is 2.92. The molecule has 2 aromatic carbocycles. The van der Waals surface area contributed by atoms with E-state index in [0.29, 0.717) is 5.88 Å². The van der Waals surface area contributed by atoms with Gasteiger partial charge in [0.2, 0.25) is 5.88 Å². The van der Waals surface area contributed by atoms with E-state index in [1.807, 2.05) is 30.5 Å². The van der Waals surface area contributed by atoms with Crippen molar-refractivity contribution < 1.29 is 4.74 Å². The number of ether oxygens (including phenoxy) is 1. The molecule has 0 aliphatic heterocycles. The SMILES string of the molecule is CCN(CC)C[C@H](Oc1nccc2ccccc12)c1ccccc1. The fraction of sp³-hybridized carbons (Fsp3) is 0.286. The second-order valence-electron chi connectivity index (χ2n) is 5.84. The van der Waals surface area contributed by atoms with E-state index in [1.165, 1.54) is 5.56 Å². The molecule has 3 heteroatoms. The van der Waals surface area contributed by atoms with Gasteiger partial charge in [-0.3, -0.25) is 4.90 Å². The molecule has 0 N–H and O–H groups in total. The summed E-state index contributed by atoms with van der Waals surface area (Å²) in [4.78, 5) is 6.87. The molecule has 0 fully saturated rings. The Labute approximate surface area is 143 Å². The van der Waals surface area contributed by atoms with Gasteiger partial charge in [-0.2, -0.15) is 0 Å². The first-order valence-electron chi connectivity index (χ1n) is 8.59. The van der Waals surface area contributed by atoms with Crippen LogP contribution in [0.5, 0.6) is 5.88 Å². The molecule has 0 radical (unpaired) electrons. The number of likely N-dealkylation sites (N-methyl/N-ethyl adjacent to an activating group) is 1. The van der Waals surface area contributed by atoms with Crippen molar-refractivity contribution in [3.8, 4) is 5.88 Å². The van der Waals surface area contributed by atoms with Crippen LogP contribution in [-0.2, 0) is 0 Å². The lowest BCUT2D eigenvalue weighted by molar-refractivity contribution is 0.137. The molecule has 1 heterocycles. The zero-order valence-electron chi connectivity index (χ0n) is 14.4. The Morgan fingerprint density at radius 2 is 1.62 bits per heavy atom. The van der Waals surface area contributed by atoms with Crippen LogP contribution in [0.4, 0.5) is 0 Å². The first-order valence-corrected chi connectivity index (χ1v) is 8.59. The monoisotopic (exact) mass is 320 g/mol. The first-order chi connectivity index (χ1) is 11.8. The first kappa shape index (κ1) is 16.5. The topological polar surface area (TPSA) is 25.4 Å². The van der Waals surface area contributed by atoms with Crippen LogP contribution in [0.2, 0.25) is 0 Å². The number of aromatic nitrogens is 1. The number of pyridine rings is 1. The summed E-state index contributed by atoms with van der Waals surface area (Å²) in [7, 11) is 0. The highest BCUT2D eigenvalue weighted by Gasteiger charge is 2.18. The third-order valence-corrected chi connectivity index (χ3v) is 4.38. The minimum absolute atomic E-state index is 0.0376. The Morgan fingerprint density at radius 3 is 2.38 bits per heavy atom. The predicted octanol–water partition coefficient (Wildman–Crippen LogP) is 4.70. The molecule has 0 bridgehead atoms. The van der Waals surface area contributed by atoms with Crippen LogP contribution in [0.1, 0.15) is 25.5 Å². The second kappa shape index (κ2) is 7.93. The Morgan fingerprint density at radius 1 is 0.917 bits per heavy atom. The predicted molar refractivity (Wildman–Crippen MR) is 99.3 cm³/mol. The standard InChI is InChI=1S/C21H24N2O/c1-3-23(4-2)16-20(18-11-6-5-7-12-18)24-21-19-13-9-8-10-17(19)14-15-22-21/h5-15,20H,3-4,16H2,1-2H3/t20-/m0/s1. The van der Waals surface area contributed by atoms with Crippen molar-refractivity contribution in [1.82, 2.24) is 9.88 Å². The molecule has 3 nitrogen and oxygen atoms in total. The molecule has 0 spiro atoms. The zero-order chi connectivity index (χ0) is 16.8. The number of benzene rings is 2. The van der Waals surface area contributed by atoms with Gasteiger partial charge in [0.05, 0.1) is 0 Å². The molecule has 0 aliphatic rings. The summed E-state index contributed by atoms with van der Waals surface area (Å²) in [6.07, 6.45) is 1.78. The van der Waals surface area contributed by atoms with Gasteiger partial charge in [0.25, 0.3) is 0 Å². The largest absolute Gasteiger partial charge is 0.468 e. The van der Waals surface area contributed by atoms with Gasteiger partial charge in [-0.15, -0.1) is 0 Å². The van der Waals surface area contributed by atoms with Crippen LogP contribution in [0.25, 0.3) is 10.8 Å². The molecule has 124 valence electrons. The minimum atomic E-state index is -0.0376.